The van der Waals surface area contributed by atoms with Crippen LogP contribution in [0, 0.1) is 4.77 Å². The van der Waals surface area contributed by atoms with Crippen LogP contribution in [0.4, 0.5) is 5.69 Å². The van der Waals surface area contributed by atoms with Crippen LogP contribution < -0.4 is 4.90 Å². The van der Waals surface area contributed by atoms with E-state index < -0.39 is 0 Å². The zero-order valence-corrected chi connectivity index (χ0v) is 17.2. The van der Waals surface area contributed by atoms with Gasteiger partial charge < -0.3 is 14.7 Å². The number of rotatable bonds is 8. The molecule has 0 radical (unpaired) electrons. The Bertz CT molecular complexity index is 1060. The second-order valence-electron chi connectivity index (χ2n) is 6.30. The molecule has 0 saturated heterocycles. The topological polar surface area (TPSA) is 66.3 Å². The number of ether oxygens (including phenoxy) is 1. The number of anilines is 1. The zero-order valence-electron chi connectivity index (χ0n) is 16.3. The Kier molecular flexibility index (Phi) is 6.64. The molecule has 2 aromatic rings. The fourth-order valence-electron chi connectivity index (χ4n) is 3.20. The Hall–Kier alpha value is -3.16. The van der Waals surface area contributed by atoms with Crippen LogP contribution in [0.5, 0.6) is 0 Å². The highest BCUT2D eigenvalue weighted by Crippen LogP contribution is 2.31. The van der Waals surface area contributed by atoms with Gasteiger partial charge in [-0.2, -0.15) is 5.10 Å². The van der Waals surface area contributed by atoms with Crippen molar-refractivity contribution in [3.05, 3.63) is 83.8 Å². The number of aliphatic hydroxyl groups excluding tert-OH is 1. The molecule has 3 rings (SSSR count). The summed E-state index contributed by atoms with van der Waals surface area (Å²) in [5.41, 5.74) is 3.19. The summed E-state index contributed by atoms with van der Waals surface area (Å²) >= 11 is 5.52. The van der Waals surface area contributed by atoms with Gasteiger partial charge in [-0.05, 0) is 49.1 Å². The number of H-pyrrole nitrogens is 1. The van der Waals surface area contributed by atoms with Crippen LogP contribution in [0.25, 0.3) is 17.3 Å². The highest BCUT2D eigenvalue weighted by atomic mass is 32.1. The van der Waals surface area contributed by atoms with Crippen molar-refractivity contribution < 1.29 is 9.84 Å². The van der Waals surface area contributed by atoms with Gasteiger partial charge in [-0.3, -0.25) is 9.67 Å². The molecular weight excluding hydrogens is 384 g/mol. The van der Waals surface area contributed by atoms with Gasteiger partial charge in [0, 0.05) is 19.2 Å². The minimum Gasteiger partial charge on any atom is -0.508 e. The summed E-state index contributed by atoms with van der Waals surface area (Å²) in [5.74, 6) is 0.687. The molecule has 0 aliphatic heterocycles. The lowest BCUT2D eigenvalue weighted by molar-refractivity contribution is 0.207. The third-order valence-electron chi connectivity index (χ3n) is 4.61. The smallest absolute Gasteiger partial charge is 0.200 e. The van der Waals surface area contributed by atoms with Gasteiger partial charge in [-0.25, -0.2) is 0 Å². The minimum absolute atomic E-state index is 0.161. The molecule has 0 unspecified atom stereocenters. The molecule has 7 heteroatoms. The third kappa shape index (κ3) is 4.16. The standard InChI is InChI=1S/C22H24N4O2S/c1-4-16-18(25(5-2)14-15-28-3)11-9-12-19(16)26-21(23-24-22(26)29)17-10-7-6-8-13-20(17)27/h4-7,9-13,27H,1-2,8,14-15H2,3H3,(H,24,29). The largest absolute Gasteiger partial charge is 0.508 e. The van der Waals surface area contributed by atoms with Crippen molar-refractivity contribution >= 4 is 29.6 Å². The molecule has 0 spiro atoms. The number of allylic oxidation sites excluding steroid dienone is 5. The molecule has 0 bridgehead atoms. The fraction of sp³-hybridized carbons (Fsp3) is 0.182. The molecule has 1 aromatic heterocycles. The van der Waals surface area contributed by atoms with Gasteiger partial charge in [-0.1, -0.05) is 37.5 Å². The number of aromatic nitrogens is 3. The van der Waals surface area contributed by atoms with Crippen LogP contribution in [-0.4, -0.2) is 40.1 Å². The molecule has 0 saturated carbocycles. The molecule has 29 heavy (non-hydrogen) atoms. The molecule has 2 N–H and O–H groups in total. The van der Waals surface area contributed by atoms with Crippen molar-refractivity contribution in [3.8, 4) is 5.69 Å². The number of aliphatic hydroxyl groups is 1. The number of nitrogens with zero attached hydrogens (tertiary/aromatic N) is 3. The van der Waals surface area contributed by atoms with E-state index in [1.807, 2.05) is 45.9 Å². The van der Waals surface area contributed by atoms with Gasteiger partial charge >= 0.3 is 0 Å². The normalized spacial score (nSPS) is 13.4. The number of benzene rings is 1. The lowest BCUT2D eigenvalue weighted by atomic mass is 10.1. The van der Waals surface area contributed by atoms with Gasteiger partial charge in [0.2, 0.25) is 0 Å². The summed E-state index contributed by atoms with van der Waals surface area (Å²) in [7, 11) is 1.66. The van der Waals surface area contributed by atoms with Crippen molar-refractivity contribution in [2.24, 2.45) is 0 Å². The highest BCUT2D eigenvalue weighted by molar-refractivity contribution is 7.71. The van der Waals surface area contributed by atoms with Crippen molar-refractivity contribution in [1.29, 1.82) is 0 Å². The Morgan fingerprint density at radius 2 is 2.24 bits per heavy atom. The predicted molar refractivity (Wildman–Crippen MR) is 121 cm³/mol. The van der Waals surface area contributed by atoms with Crippen LogP contribution >= 0.6 is 12.2 Å². The van der Waals surface area contributed by atoms with E-state index in [0.29, 0.717) is 35.7 Å². The van der Waals surface area contributed by atoms with Crippen molar-refractivity contribution in [2.45, 2.75) is 6.42 Å². The number of hydrogen-bond donors (Lipinski definition) is 2. The van der Waals surface area contributed by atoms with E-state index in [1.165, 1.54) is 0 Å². The van der Waals surface area contributed by atoms with Crippen LogP contribution in [0.15, 0.2) is 67.6 Å². The van der Waals surface area contributed by atoms with E-state index in [0.717, 1.165) is 16.9 Å². The second kappa shape index (κ2) is 9.36. The first-order valence-electron chi connectivity index (χ1n) is 9.20. The highest BCUT2D eigenvalue weighted by Gasteiger charge is 2.20. The third-order valence-corrected chi connectivity index (χ3v) is 4.88. The molecule has 150 valence electrons. The molecule has 6 nitrogen and oxygen atoms in total. The summed E-state index contributed by atoms with van der Waals surface area (Å²) in [4.78, 5) is 2.00. The zero-order chi connectivity index (χ0) is 20.8. The first kappa shape index (κ1) is 20.6. The molecule has 0 atom stereocenters. The first-order chi connectivity index (χ1) is 14.1. The summed E-state index contributed by atoms with van der Waals surface area (Å²) in [6, 6.07) is 5.88. The predicted octanol–water partition coefficient (Wildman–Crippen LogP) is 4.95. The Morgan fingerprint density at radius 3 is 2.97 bits per heavy atom. The Balaban J connectivity index is 2.19. The number of methoxy groups -OCH3 is 1. The molecule has 0 fully saturated rings. The van der Waals surface area contributed by atoms with Crippen LogP contribution in [0.1, 0.15) is 17.8 Å². The summed E-state index contributed by atoms with van der Waals surface area (Å²) in [6.07, 6.45) is 11.6. The lowest BCUT2D eigenvalue weighted by Gasteiger charge is -2.24. The van der Waals surface area contributed by atoms with Gasteiger partial charge in [0.25, 0.3) is 0 Å². The second-order valence-corrected chi connectivity index (χ2v) is 6.69. The van der Waals surface area contributed by atoms with E-state index in [2.05, 4.69) is 23.4 Å². The SMILES string of the molecule is C=Cc1c(N(C=C)CCOC)cccc1-n1c(C2=CC=CCC=C2O)n[nH]c1=S. The van der Waals surface area contributed by atoms with Gasteiger partial charge in [0.05, 0.1) is 23.6 Å². The molecule has 1 aliphatic rings. The van der Waals surface area contributed by atoms with E-state index in [4.69, 9.17) is 17.0 Å². The maximum absolute atomic E-state index is 10.5. The average molecular weight is 409 g/mol. The monoisotopic (exact) mass is 408 g/mol. The number of aromatic amines is 1. The maximum Gasteiger partial charge on any atom is 0.200 e. The van der Waals surface area contributed by atoms with E-state index in [1.54, 1.807) is 25.5 Å². The Morgan fingerprint density at radius 1 is 1.41 bits per heavy atom. The first-order valence-corrected chi connectivity index (χ1v) is 9.61. The number of hydrogen-bond acceptors (Lipinski definition) is 5. The van der Waals surface area contributed by atoms with E-state index >= 15 is 0 Å². The van der Waals surface area contributed by atoms with Crippen LogP contribution in [0.3, 0.4) is 0 Å². The van der Waals surface area contributed by atoms with Crippen LogP contribution in [0.2, 0.25) is 0 Å². The van der Waals surface area contributed by atoms with Gasteiger partial charge in [0.15, 0.2) is 10.6 Å². The van der Waals surface area contributed by atoms with Gasteiger partial charge in [0.1, 0.15) is 5.76 Å². The number of nitrogens with one attached hydrogen (secondary N) is 1. The van der Waals surface area contributed by atoms with E-state index in [-0.39, 0.29) is 5.76 Å². The minimum atomic E-state index is 0.161. The van der Waals surface area contributed by atoms with Crippen LogP contribution in [-0.2, 0) is 4.74 Å². The average Bonchev–Trinajstić information content (AvgIpc) is 2.97. The van der Waals surface area contributed by atoms with Crippen molar-refractivity contribution in [1.82, 2.24) is 14.8 Å². The van der Waals surface area contributed by atoms with Crippen molar-refractivity contribution in [3.63, 3.8) is 0 Å². The fourth-order valence-corrected chi connectivity index (χ4v) is 3.43. The molecule has 1 heterocycles. The summed E-state index contributed by atoms with van der Waals surface area (Å²) in [5, 5.41) is 17.7. The Labute approximate surface area is 175 Å². The molecular formula is C22H24N4O2S. The maximum atomic E-state index is 10.5. The van der Waals surface area contributed by atoms with Crippen molar-refractivity contribution in [2.75, 3.05) is 25.2 Å². The summed E-state index contributed by atoms with van der Waals surface area (Å²) < 4.78 is 7.44. The lowest BCUT2D eigenvalue weighted by Crippen LogP contribution is -2.22. The molecule has 1 aliphatic carbocycles. The summed E-state index contributed by atoms with van der Waals surface area (Å²) in [6.45, 7) is 9.13. The molecule has 1 aromatic carbocycles. The molecule has 0 amide bonds. The van der Waals surface area contributed by atoms with E-state index in [9.17, 15) is 5.11 Å². The quantitative estimate of drug-likeness (QED) is 0.605. The van der Waals surface area contributed by atoms with Gasteiger partial charge in [-0.15, -0.1) is 0 Å².